The first-order valence-electron chi connectivity index (χ1n) is 9.64. The van der Waals surface area contributed by atoms with E-state index >= 15 is 0 Å². The number of ether oxygens (including phenoxy) is 2. The number of urea groups is 1. The van der Waals surface area contributed by atoms with Crippen LogP contribution in [0.2, 0.25) is 0 Å². The zero-order chi connectivity index (χ0) is 22.5. The monoisotopic (exact) mass is 445 g/mol. The number of imide groups is 1. The molecule has 0 spiro atoms. The number of methoxy groups -OCH3 is 2. The van der Waals surface area contributed by atoms with Gasteiger partial charge in [0.25, 0.3) is 5.84 Å². The van der Waals surface area contributed by atoms with Crippen molar-refractivity contribution in [1.29, 1.82) is 0 Å². The summed E-state index contributed by atoms with van der Waals surface area (Å²) in [6.07, 6.45) is 3.90. The molecule has 0 fully saturated rings. The number of hydrogen-bond donors (Lipinski definition) is 1. The number of benzene rings is 1. The van der Waals surface area contributed by atoms with Crippen LogP contribution in [0.15, 0.2) is 34.2 Å². The summed E-state index contributed by atoms with van der Waals surface area (Å²) in [5, 5.41) is 2.89. The highest BCUT2D eigenvalue weighted by atomic mass is 32.2. The van der Waals surface area contributed by atoms with E-state index in [1.54, 1.807) is 33.6 Å². The molecule has 1 aromatic carbocycles. The van der Waals surface area contributed by atoms with Crippen molar-refractivity contribution in [3.8, 4) is 11.5 Å². The number of allylic oxidation sites excluding steroid dienone is 1. The molecule has 0 saturated carbocycles. The van der Waals surface area contributed by atoms with Crippen LogP contribution in [0, 0.1) is 5.92 Å². The topological polar surface area (TPSA) is 100 Å². The minimum absolute atomic E-state index is 0.142. The number of carbonyl (C=O) groups excluding carboxylic acids is 3. The van der Waals surface area contributed by atoms with Crippen molar-refractivity contribution in [3.05, 3.63) is 34.7 Å². The van der Waals surface area contributed by atoms with Crippen molar-refractivity contribution in [2.45, 2.75) is 6.42 Å². The Morgan fingerprint density at radius 1 is 1.26 bits per heavy atom. The van der Waals surface area contributed by atoms with Gasteiger partial charge in [-0.2, -0.15) is 9.48 Å². The lowest BCUT2D eigenvalue weighted by molar-refractivity contribution is -0.407. The van der Waals surface area contributed by atoms with Crippen molar-refractivity contribution in [2.75, 3.05) is 40.6 Å². The van der Waals surface area contributed by atoms with Crippen LogP contribution in [0.5, 0.6) is 11.5 Å². The van der Waals surface area contributed by atoms with Gasteiger partial charge < -0.3 is 14.8 Å². The largest absolute Gasteiger partial charge is 0.493 e. The normalized spacial score (nSPS) is 18.0. The van der Waals surface area contributed by atoms with Gasteiger partial charge in [0.05, 0.1) is 34.1 Å². The predicted octanol–water partition coefficient (Wildman–Crippen LogP) is 1.31. The van der Waals surface area contributed by atoms with Crippen LogP contribution < -0.4 is 14.8 Å². The first-order chi connectivity index (χ1) is 14.9. The zero-order valence-electron chi connectivity index (χ0n) is 17.9. The molecule has 2 aliphatic heterocycles. The van der Waals surface area contributed by atoms with Gasteiger partial charge in [-0.3, -0.25) is 9.59 Å². The summed E-state index contributed by atoms with van der Waals surface area (Å²) in [6.45, 7) is 0.467. The molecule has 31 heavy (non-hydrogen) atoms. The molecule has 0 aliphatic carbocycles. The number of fused-ring (bicyclic) bond motifs is 1. The van der Waals surface area contributed by atoms with E-state index in [9.17, 15) is 14.4 Å². The highest BCUT2D eigenvalue weighted by Gasteiger charge is 2.47. The maximum atomic E-state index is 12.6. The van der Waals surface area contributed by atoms with Crippen LogP contribution in [-0.4, -0.2) is 80.0 Å². The van der Waals surface area contributed by atoms with Crippen LogP contribution in [-0.2, 0) is 16.0 Å². The third kappa shape index (κ3) is 4.79. The number of amides is 4. The predicted molar refractivity (Wildman–Crippen MR) is 118 cm³/mol. The quantitative estimate of drug-likeness (QED) is 0.606. The second kappa shape index (κ2) is 9.78. The Labute approximate surface area is 184 Å². The summed E-state index contributed by atoms with van der Waals surface area (Å²) in [6, 6.07) is 5.21. The molecular weight excluding hydrogens is 420 g/mol. The fourth-order valence-corrected chi connectivity index (χ4v) is 4.25. The number of rotatable bonds is 8. The van der Waals surface area contributed by atoms with E-state index < -0.39 is 11.9 Å². The number of aliphatic imine (C=N–C) groups is 1. The minimum atomic E-state index is -0.665. The molecule has 4 amide bonds. The molecule has 0 radical (unpaired) electrons. The smallest absolute Gasteiger partial charge is 0.445 e. The van der Waals surface area contributed by atoms with E-state index in [0.717, 1.165) is 10.5 Å². The number of thioether (sulfide) groups is 1. The van der Waals surface area contributed by atoms with Crippen LogP contribution in [0.4, 0.5) is 4.79 Å². The van der Waals surface area contributed by atoms with Gasteiger partial charge in [0.2, 0.25) is 5.91 Å². The van der Waals surface area contributed by atoms with Crippen molar-refractivity contribution < 1.29 is 28.4 Å². The van der Waals surface area contributed by atoms with E-state index in [-0.39, 0.29) is 17.6 Å². The lowest BCUT2D eigenvalue weighted by Gasteiger charge is -2.26. The van der Waals surface area contributed by atoms with Gasteiger partial charge in [-0.1, -0.05) is 6.07 Å². The second-order valence-electron chi connectivity index (χ2n) is 6.96. The van der Waals surface area contributed by atoms with Gasteiger partial charge in [-0.25, -0.2) is 4.79 Å². The van der Waals surface area contributed by atoms with Crippen LogP contribution in [0.3, 0.4) is 0 Å². The molecule has 9 nitrogen and oxygen atoms in total. The minimum Gasteiger partial charge on any atom is -0.493 e. The third-order valence-electron chi connectivity index (χ3n) is 5.04. The van der Waals surface area contributed by atoms with E-state index in [1.807, 2.05) is 18.2 Å². The van der Waals surface area contributed by atoms with Gasteiger partial charge in [-0.15, -0.1) is 16.8 Å². The SMILES string of the molecule is COc1ccc(CCNC(=O)CSC2=CC=NC3=[N+](C)C(=O)N(C)C(=O)C23)cc1OC. The molecule has 1 aromatic rings. The average Bonchev–Trinajstić information content (AvgIpc) is 2.79. The standard InChI is InChI=1S/C21H24N4O5S/c1-24-19-18(20(27)25(2)21(24)28)16(8-10-23-19)31-12-17(26)22-9-7-13-5-6-14(29-3)15(11-13)30-4/h5-6,8,10-11,18H,7,9,12H2,1-4H3/p+1. The first kappa shape index (κ1) is 22.5. The molecule has 0 aromatic heterocycles. The lowest BCUT2D eigenvalue weighted by atomic mass is 10.0. The van der Waals surface area contributed by atoms with Crippen molar-refractivity contribution in [3.63, 3.8) is 0 Å². The summed E-state index contributed by atoms with van der Waals surface area (Å²) in [7, 11) is 6.19. The van der Waals surface area contributed by atoms with Gasteiger partial charge in [-0.05, 0) is 30.2 Å². The Hall–Kier alpha value is -3.14. The molecular formula is C21H25N4O5S+. The molecule has 164 valence electrons. The van der Waals surface area contributed by atoms with Crippen molar-refractivity contribution >= 4 is 41.7 Å². The number of carbonyl (C=O) groups is 3. The summed E-state index contributed by atoms with van der Waals surface area (Å²) in [5.74, 6) is 0.686. The van der Waals surface area contributed by atoms with Gasteiger partial charge in [0.1, 0.15) is 6.21 Å². The lowest BCUT2D eigenvalue weighted by Crippen LogP contribution is -2.52. The maximum absolute atomic E-state index is 12.6. The highest BCUT2D eigenvalue weighted by molar-refractivity contribution is 8.03. The van der Waals surface area contributed by atoms with E-state index in [2.05, 4.69) is 10.3 Å². The number of nitrogens with zero attached hydrogens (tertiary/aromatic N) is 3. The van der Waals surface area contributed by atoms with Gasteiger partial charge in [0.15, 0.2) is 17.4 Å². The summed E-state index contributed by atoms with van der Waals surface area (Å²) in [5.41, 5.74) is 1.01. The number of dihydropyridines is 1. The molecule has 2 aliphatic rings. The Kier molecular flexibility index (Phi) is 7.11. The Morgan fingerprint density at radius 3 is 2.71 bits per heavy atom. The Bertz CT molecular complexity index is 1000. The van der Waals surface area contributed by atoms with Crippen LogP contribution >= 0.6 is 11.8 Å². The van der Waals surface area contributed by atoms with E-state index in [4.69, 9.17) is 9.47 Å². The Morgan fingerprint density at radius 2 is 2.00 bits per heavy atom. The number of amidine groups is 1. The van der Waals surface area contributed by atoms with Crippen molar-refractivity contribution in [1.82, 2.24) is 10.2 Å². The van der Waals surface area contributed by atoms with Gasteiger partial charge >= 0.3 is 11.9 Å². The number of nitrogens with one attached hydrogen (secondary N) is 1. The molecule has 1 atom stereocenters. The summed E-state index contributed by atoms with van der Waals surface area (Å²) >= 11 is 1.27. The summed E-state index contributed by atoms with van der Waals surface area (Å²) < 4.78 is 11.9. The fourth-order valence-electron chi connectivity index (χ4n) is 3.32. The van der Waals surface area contributed by atoms with E-state index in [1.165, 1.54) is 23.4 Å². The van der Waals surface area contributed by atoms with E-state index in [0.29, 0.717) is 35.2 Å². The molecule has 2 heterocycles. The third-order valence-corrected chi connectivity index (χ3v) is 6.15. The zero-order valence-corrected chi connectivity index (χ0v) is 18.7. The maximum Gasteiger partial charge on any atom is 0.445 e. The first-order valence-corrected chi connectivity index (χ1v) is 10.6. The molecule has 10 heteroatoms. The molecule has 0 bridgehead atoms. The van der Waals surface area contributed by atoms with Gasteiger partial charge in [0, 0.05) is 11.4 Å². The molecule has 3 rings (SSSR count). The number of hydrogen-bond acceptors (Lipinski definition) is 7. The van der Waals surface area contributed by atoms with Crippen LogP contribution in [0.1, 0.15) is 5.56 Å². The molecule has 1 unspecified atom stereocenters. The summed E-state index contributed by atoms with van der Waals surface area (Å²) in [4.78, 5) is 43.0. The van der Waals surface area contributed by atoms with Crippen molar-refractivity contribution in [2.24, 2.45) is 10.9 Å². The fraction of sp³-hybridized carbons (Fsp3) is 0.381. The highest BCUT2D eigenvalue weighted by Crippen LogP contribution is 2.31. The molecule has 1 N–H and O–H groups in total. The Balaban J connectivity index is 1.54. The second-order valence-corrected chi connectivity index (χ2v) is 8.00. The average molecular weight is 446 g/mol. The van der Waals surface area contributed by atoms with Crippen LogP contribution in [0.25, 0.3) is 0 Å². The molecule has 0 saturated heterocycles.